The van der Waals surface area contributed by atoms with Crippen LogP contribution < -0.4 is 5.32 Å². The first-order valence-corrected chi connectivity index (χ1v) is 8.65. The van der Waals surface area contributed by atoms with Crippen molar-refractivity contribution in [2.75, 3.05) is 6.54 Å². The Labute approximate surface area is 128 Å². The third-order valence-electron chi connectivity index (χ3n) is 4.98. The van der Waals surface area contributed by atoms with Gasteiger partial charge in [-0.3, -0.25) is 9.59 Å². The molecular weight excluding hydrogens is 264 g/mol. The van der Waals surface area contributed by atoms with Crippen LogP contribution in [-0.4, -0.2) is 34.8 Å². The first-order valence-electron chi connectivity index (χ1n) is 8.65. The van der Waals surface area contributed by atoms with Crippen LogP contribution in [0.1, 0.15) is 72.1 Å². The van der Waals surface area contributed by atoms with Crippen molar-refractivity contribution in [3.05, 3.63) is 0 Å². The Morgan fingerprint density at radius 1 is 1.19 bits per heavy atom. The van der Waals surface area contributed by atoms with E-state index < -0.39 is 5.54 Å². The van der Waals surface area contributed by atoms with Gasteiger partial charge in [0.05, 0.1) is 0 Å². The molecule has 1 saturated carbocycles. The zero-order valence-corrected chi connectivity index (χ0v) is 13.8. The van der Waals surface area contributed by atoms with Gasteiger partial charge in [0.15, 0.2) is 0 Å². The summed E-state index contributed by atoms with van der Waals surface area (Å²) in [7, 11) is 0. The van der Waals surface area contributed by atoms with Gasteiger partial charge in [-0.05, 0) is 25.2 Å². The Balaban J connectivity index is 2.20. The second-order valence-electron chi connectivity index (χ2n) is 7.03. The van der Waals surface area contributed by atoms with Crippen LogP contribution in [0.2, 0.25) is 0 Å². The lowest BCUT2D eigenvalue weighted by Gasteiger charge is -2.48. The van der Waals surface area contributed by atoms with Crippen molar-refractivity contribution < 1.29 is 9.59 Å². The highest BCUT2D eigenvalue weighted by atomic mass is 16.2. The first-order chi connectivity index (χ1) is 10.0. The van der Waals surface area contributed by atoms with Crippen molar-refractivity contribution in [2.45, 2.75) is 83.7 Å². The van der Waals surface area contributed by atoms with E-state index in [0.717, 1.165) is 51.5 Å². The summed E-state index contributed by atoms with van der Waals surface area (Å²) in [5.41, 5.74) is -0.590. The Kier molecular flexibility index (Phi) is 5.28. The highest BCUT2D eigenvalue weighted by Crippen LogP contribution is 2.34. The fraction of sp³-hybridized carbons (Fsp3) is 0.882. The van der Waals surface area contributed by atoms with Gasteiger partial charge in [-0.15, -0.1) is 0 Å². The quantitative estimate of drug-likeness (QED) is 0.793. The van der Waals surface area contributed by atoms with Crippen LogP contribution in [0.3, 0.4) is 0 Å². The largest absolute Gasteiger partial charge is 0.340 e. The van der Waals surface area contributed by atoms with Gasteiger partial charge in [0.1, 0.15) is 11.6 Å². The summed E-state index contributed by atoms with van der Waals surface area (Å²) in [6.45, 7) is 6.95. The smallest absolute Gasteiger partial charge is 0.249 e. The molecule has 1 spiro atoms. The van der Waals surface area contributed by atoms with E-state index in [-0.39, 0.29) is 23.8 Å². The standard InChI is InChI=1S/C17H30N2O2/c1-4-5-9-12-19-14(13(2)3)15(20)18-17(16(19)21)10-7-6-8-11-17/h13-14H,4-12H2,1-3H3,(H,18,20). The molecule has 0 radical (unpaired) electrons. The average molecular weight is 294 g/mol. The van der Waals surface area contributed by atoms with Gasteiger partial charge in [0.25, 0.3) is 0 Å². The first kappa shape index (κ1) is 16.3. The van der Waals surface area contributed by atoms with Crippen LogP contribution in [0.5, 0.6) is 0 Å². The zero-order valence-electron chi connectivity index (χ0n) is 13.8. The van der Waals surface area contributed by atoms with Crippen molar-refractivity contribution in [3.63, 3.8) is 0 Å². The van der Waals surface area contributed by atoms with Gasteiger partial charge in [0.2, 0.25) is 11.8 Å². The molecule has 0 bridgehead atoms. The minimum absolute atomic E-state index is 0.0583. The monoisotopic (exact) mass is 294 g/mol. The van der Waals surface area contributed by atoms with Crippen LogP contribution in [0.25, 0.3) is 0 Å². The Morgan fingerprint density at radius 3 is 2.43 bits per heavy atom. The molecule has 1 N–H and O–H groups in total. The summed E-state index contributed by atoms with van der Waals surface area (Å²) in [5.74, 6) is 0.399. The minimum atomic E-state index is -0.590. The molecule has 2 rings (SSSR count). The molecule has 4 nitrogen and oxygen atoms in total. The summed E-state index contributed by atoms with van der Waals surface area (Å²) in [4.78, 5) is 27.6. The molecule has 120 valence electrons. The molecule has 1 heterocycles. The number of piperazine rings is 1. The number of hydrogen-bond acceptors (Lipinski definition) is 2. The summed E-state index contributed by atoms with van der Waals surface area (Å²) < 4.78 is 0. The lowest BCUT2D eigenvalue weighted by molar-refractivity contribution is -0.158. The molecule has 1 aliphatic heterocycles. The summed E-state index contributed by atoms with van der Waals surface area (Å²) in [5, 5.41) is 3.10. The molecule has 0 aromatic heterocycles. The Bertz CT molecular complexity index is 386. The van der Waals surface area contributed by atoms with Crippen LogP contribution in [-0.2, 0) is 9.59 Å². The normalized spacial score (nSPS) is 25.5. The number of carbonyl (C=O) groups is 2. The lowest BCUT2D eigenvalue weighted by Crippen LogP contribution is -2.71. The van der Waals surface area contributed by atoms with Crippen molar-refractivity contribution in [1.82, 2.24) is 10.2 Å². The van der Waals surface area contributed by atoms with Gasteiger partial charge < -0.3 is 10.2 Å². The highest BCUT2D eigenvalue weighted by molar-refractivity contribution is 6.00. The predicted octanol–water partition coefficient (Wildman–Crippen LogP) is 2.86. The van der Waals surface area contributed by atoms with E-state index >= 15 is 0 Å². The van der Waals surface area contributed by atoms with Gasteiger partial charge in [-0.2, -0.15) is 0 Å². The average Bonchev–Trinajstić information content (AvgIpc) is 2.45. The maximum atomic E-state index is 13.1. The SMILES string of the molecule is CCCCCN1C(=O)C2(CCCCC2)NC(=O)C1C(C)C. The van der Waals surface area contributed by atoms with E-state index in [2.05, 4.69) is 12.2 Å². The minimum Gasteiger partial charge on any atom is -0.340 e. The number of amides is 2. The molecule has 2 amide bonds. The molecule has 0 aromatic rings. The topological polar surface area (TPSA) is 49.4 Å². The van der Waals surface area contributed by atoms with Gasteiger partial charge in [0, 0.05) is 6.54 Å². The van der Waals surface area contributed by atoms with E-state index in [1.807, 2.05) is 18.7 Å². The fourth-order valence-electron chi connectivity index (χ4n) is 3.84. The molecule has 1 unspecified atom stereocenters. The van der Waals surface area contributed by atoms with E-state index in [0.29, 0.717) is 0 Å². The molecule has 4 heteroatoms. The zero-order chi connectivity index (χ0) is 15.5. The van der Waals surface area contributed by atoms with Gasteiger partial charge >= 0.3 is 0 Å². The number of carbonyl (C=O) groups excluding carboxylic acids is 2. The number of unbranched alkanes of at least 4 members (excludes halogenated alkanes) is 2. The number of hydrogen-bond donors (Lipinski definition) is 1. The molecule has 21 heavy (non-hydrogen) atoms. The van der Waals surface area contributed by atoms with E-state index in [1.54, 1.807) is 0 Å². The van der Waals surface area contributed by atoms with Gasteiger partial charge in [-0.1, -0.05) is 52.9 Å². The van der Waals surface area contributed by atoms with Crippen LogP contribution in [0.15, 0.2) is 0 Å². The third-order valence-corrected chi connectivity index (χ3v) is 4.98. The number of rotatable bonds is 5. The van der Waals surface area contributed by atoms with E-state index in [4.69, 9.17) is 0 Å². The van der Waals surface area contributed by atoms with Crippen LogP contribution >= 0.6 is 0 Å². The Morgan fingerprint density at radius 2 is 1.86 bits per heavy atom. The van der Waals surface area contributed by atoms with Crippen molar-refractivity contribution >= 4 is 11.8 Å². The fourth-order valence-corrected chi connectivity index (χ4v) is 3.84. The lowest BCUT2D eigenvalue weighted by atomic mass is 9.77. The van der Waals surface area contributed by atoms with Crippen molar-refractivity contribution in [1.29, 1.82) is 0 Å². The molecule has 1 aliphatic carbocycles. The molecular formula is C17H30N2O2. The predicted molar refractivity (Wildman–Crippen MR) is 83.8 cm³/mol. The molecule has 2 aliphatic rings. The molecule has 0 aromatic carbocycles. The highest BCUT2D eigenvalue weighted by Gasteiger charge is 2.51. The van der Waals surface area contributed by atoms with Gasteiger partial charge in [-0.25, -0.2) is 0 Å². The second kappa shape index (κ2) is 6.80. The van der Waals surface area contributed by atoms with Crippen LogP contribution in [0, 0.1) is 5.92 Å². The summed E-state index contributed by atoms with van der Waals surface area (Å²) >= 11 is 0. The van der Waals surface area contributed by atoms with Crippen molar-refractivity contribution in [2.24, 2.45) is 5.92 Å². The molecule has 2 fully saturated rings. The maximum Gasteiger partial charge on any atom is 0.249 e. The number of nitrogens with zero attached hydrogens (tertiary/aromatic N) is 1. The Hall–Kier alpha value is -1.06. The molecule has 1 saturated heterocycles. The van der Waals surface area contributed by atoms with Crippen LogP contribution in [0.4, 0.5) is 0 Å². The second-order valence-corrected chi connectivity index (χ2v) is 7.03. The molecule has 1 atom stereocenters. The van der Waals surface area contributed by atoms with E-state index in [1.165, 1.54) is 6.42 Å². The maximum absolute atomic E-state index is 13.1. The summed E-state index contributed by atoms with van der Waals surface area (Å²) in [6.07, 6.45) is 8.12. The van der Waals surface area contributed by atoms with E-state index in [9.17, 15) is 9.59 Å². The summed E-state index contributed by atoms with van der Waals surface area (Å²) in [6, 6.07) is -0.290. The third kappa shape index (κ3) is 3.24. The van der Waals surface area contributed by atoms with Crippen molar-refractivity contribution in [3.8, 4) is 0 Å². The number of nitrogens with one attached hydrogen (secondary N) is 1.